The normalized spacial score (nSPS) is 14.3. The van der Waals surface area contributed by atoms with Crippen LogP contribution in [0.3, 0.4) is 0 Å². The van der Waals surface area contributed by atoms with Crippen LogP contribution in [0.2, 0.25) is 5.28 Å². The van der Waals surface area contributed by atoms with E-state index in [1.54, 1.807) is 0 Å². The minimum atomic E-state index is 0.431. The van der Waals surface area contributed by atoms with Gasteiger partial charge in [-0.25, -0.2) is 0 Å². The van der Waals surface area contributed by atoms with Gasteiger partial charge < -0.3 is 0 Å². The molecular formula is C17H14ClN3. The summed E-state index contributed by atoms with van der Waals surface area (Å²) in [6.45, 7) is 0. The second-order valence-corrected chi connectivity index (χ2v) is 5.66. The van der Waals surface area contributed by atoms with E-state index in [0.717, 1.165) is 17.1 Å². The molecule has 4 heteroatoms. The van der Waals surface area contributed by atoms with Gasteiger partial charge in [0, 0.05) is 11.5 Å². The first-order valence-corrected chi connectivity index (χ1v) is 7.48. The lowest BCUT2D eigenvalue weighted by atomic mass is 10.0. The number of halogens is 1. The molecule has 1 heterocycles. The molecule has 21 heavy (non-hydrogen) atoms. The Balaban J connectivity index is 1.92. The largest absolute Gasteiger partial charge is 0.269 e. The van der Waals surface area contributed by atoms with Gasteiger partial charge in [-0.2, -0.15) is 0 Å². The Kier molecular flexibility index (Phi) is 3.00. The molecule has 0 radical (unpaired) electrons. The first-order chi connectivity index (χ1) is 10.3. The van der Waals surface area contributed by atoms with E-state index in [9.17, 15) is 0 Å². The molecule has 104 valence electrons. The third kappa shape index (κ3) is 2.24. The summed E-state index contributed by atoms with van der Waals surface area (Å²) in [6.07, 6.45) is 2.34. The molecule has 0 unspecified atom stereocenters. The molecule has 3 nitrogen and oxygen atoms in total. The van der Waals surface area contributed by atoms with Crippen LogP contribution in [0.5, 0.6) is 0 Å². The van der Waals surface area contributed by atoms with E-state index in [4.69, 9.17) is 11.6 Å². The molecule has 0 bridgehead atoms. The van der Waals surface area contributed by atoms with E-state index in [-0.39, 0.29) is 0 Å². The highest BCUT2D eigenvalue weighted by Gasteiger charge is 2.31. The van der Waals surface area contributed by atoms with Crippen LogP contribution in [0.4, 0.5) is 0 Å². The highest BCUT2D eigenvalue weighted by Crippen LogP contribution is 2.41. The third-order valence-corrected chi connectivity index (χ3v) is 4.07. The van der Waals surface area contributed by atoms with Crippen LogP contribution < -0.4 is 0 Å². The zero-order valence-electron chi connectivity index (χ0n) is 11.4. The van der Waals surface area contributed by atoms with Gasteiger partial charge in [0.2, 0.25) is 5.28 Å². The monoisotopic (exact) mass is 295 g/mol. The van der Waals surface area contributed by atoms with E-state index >= 15 is 0 Å². The van der Waals surface area contributed by atoms with E-state index in [1.807, 2.05) is 34.9 Å². The van der Waals surface area contributed by atoms with Gasteiger partial charge in [0.1, 0.15) is 5.82 Å². The van der Waals surface area contributed by atoms with Crippen molar-refractivity contribution in [3.8, 4) is 16.8 Å². The van der Waals surface area contributed by atoms with Gasteiger partial charge in [-0.3, -0.25) is 4.57 Å². The summed E-state index contributed by atoms with van der Waals surface area (Å²) < 4.78 is 1.99. The predicted molar refractivity (Wildman–Crippen MR) is 83.8 cm³/mol. The number of nitrogens with zero attached hydrogens (tertiary/aromatic N) is 3. The van der Waals surface area contributed by atoms with E-state index in [1.165, 1.54) is 18.4 Å². The molecule has 1 fully saturated rings. The lowest BCUT2D eigenvalue weighted by Crippen LogP contribution is -2.02. The van der Waals surface area contributed by atoms with Crippen molar-refractivity contribution in [2.24, 2.45) is 0 Å². The first-order valence-electron chi connectivity index (χ1n) is 7.10. The quantitative estimate of drug-likeness (QED) is 0.714. The molecule has 3 aromatic rings. The maximum Gasteiger partial charge on any atom is 0.229 e. The second kappa shape index (κ2) is 5.01. The molecule has 0 atom stereocenters. The first kappa shape index (κ1) is 12.6. The van der Waals surface area contributed by atoms with Crippen LogP contribution in [0.15, 0.2) is 54.6 Å². The Labute approximate surface area is 128 Å². The van der Waals surface area contributed by atoms with Gasteiger partial charge in [0.05, 0.1) is 5.69 Å². The van der Waals surface area contributed by atoms with Crippen LogP contribution in [-0.4, -0.2) is 14.8 Å². The fourth-order valence-electron chi connectivity index (χ4n) is 2.64. The maximum absolute atomic E-state index is 6.30. The average Bonchev–Trinajstić information content (AvgIpc) is 3.31. The van der Waals surface area contributed by atoms with Crippen molar-refractivity contribution in [3.63, 3.8) is 0 Å². The number of benzene rings is 2. The average molecular weight is 296 g/mol. The zero-order chi connectivity index (χ0) is 14.2. The molecular weight excluding hydrogens is 282 g/mol. The lowest BCUT2D eigenvalue weighted by Gasteiger charge is -2.13. The summed E-state index contributed by atoms with van der Waals surface area (Å²) in [6, 6.07) is 18.6. The molecule has 1 saturated carbocycles. The highest BCUT2D eigenvalue weighted by atomic mass is 35.5. The number of hydrogen-bond donors (Lipinski definition) is 0. The van der Waals surface area contributed by atoms with Crippen LogP contribution in [0, 0.1) is 0 Å². The Bertz CT molecular complexity index is 776. The van der Waals surface area contributed by atoms with Crippen molar-refractivity contribution in [1.82, 2.24) is 14.8 Å². The van der Waals surface area contributed by atoms with Crippen LogP contribution in [-0.2, 0) is 0 Å². The molecule has 1 aliphatic carbocycles. The smallest absolute Gasteiger partial charge is 0.229 e. The maximum atomic E-state index is 6.30. The van der Waals surface area contributed by atoms with Gasteiger partial charge >= 0.3 is 0 Å². The zero-order valence-corrected chi connectivity index (χ0v) is 12.2. The molecule has 0 aliphatic heterocycles. The standard InChI is InChI=1S/C17H14ClN3/c18-17-20-19-16(13-10-11-13)21(17)15-9-5-4-8-14(15)12-6-2-1-3-7-12/h1-9,13H,10-11H2. The highest BCUT2D eigenvalue weighted by molar-refractivity contribution is 6.28. The fraction of sp³-hybridized carbons (Fsp3) is 0.176. The van der Waals surface area contributed by atoms with Crippen molar-refractivity contribution in [3.05, 3.63) is 65.7 Å². The summed E-state index contributed by atoms with van der Waals surface area (Å²) >= 11 is 6.30. The van der Waals surface area contributed by atoms with E-state index < -0.39 is 0 Å². The molecule has 0 amide bonds. The summed E-state index contributed by atoms with van der Waals surface area (Å²) in [7, 11) is 0. The predicted octanol–water partition coefficient (Wildman–Crippen LogP) is 4.47. The van der Waals surface area contributed by atoms with Crippen molar-refractivity contribution in [1.29, 1.82) is 0 Å². The van der Waals surface area contributed by atoms with Crippen molar-refractivity contribution < 1.29 is 0 Å². The Morgan fingerprint density at radius 3 is 2.38 bits per heavy atom. The molecule has 0 spiro atoms. The molecule has 1 aromatic heterocycles. The number of aromatic nitrogens is 3. The summed E-state index contributed by atoms with van der Waals surface area (Å²) in [4.78, 5) is 0. The molecule has 4 rings (SSSR count). The fourth-order valence-corrected chi connectivity index (χ4v) is 2.85. The summed E-state index contributed by atoms with van der Waals surface area (Å²) in [5.74, 6) is 1.47. The number of para-hydroxylation sites is 1. The molecule has 0 N–H and O–H groups in total. The topological polar surface area (TPSA) is 30.7 Å². The van der Waals surface area contributed by atoms with Gasteiger partial charge in [0.15, 0.2) is 0 Å². The van der Waals surface area contributed by atoms with Crippen LogP contribution in [0.25, 0.3) is 16.8 Å². The Morgan fingerprint density at radius 1 is 0.905 bits per heavy atom. The van der Waals surface area contributed by atoms with Gasteiger partial charge in [-0.15, -0.1) is 10.2 Å². The van der Waals surface area contributed by atoms with Gasteiger partial charge in [-0.05, 0) is 36.1 Å². The molecule has 2 aromatic carbocycles. The minimum absolute atomic E-state index is 0.431. The van der Waals surface area contributed by atoms with E-state index in [0.29, 0.717) is 11.2 Å². The van der Waals surface area contributed by atoms with Crippen molar-refractivity contribution >= 4 is 11.6 Å². The van der Waals surface area contributed by atoms with Gasteiger partial charge in [0.25, 0.3) is 0 Å². The number of hydrogen-bond acceptors (Lipinski definition) is 2. The number of rotatable bonds is 3. The van der Waals surface area contributed by atoms with Crippen LogP contribution in [0.1, 0.15) is 24.6 Å². The van der Waals surface area contributed by atoms with Crippen LogP contribution >= 0.6 is 11.6 Å². The minimum Gasteiger partial charge on any atom is -0.269 e. The van der Waals surface area contributed by atoms with Crippen molar-refractivity contribution in [2.45, 2.75) is 18.8 Å². The Hall–Kier alpha value is -2.13. The summed E-state index contributed by atoms with van der Waals surface area (Å²) in [5, 5.41) is 8.77. The SMILES string of the molecule is Clc1nnc(C2CC2)n1-c1ccccc1-c1ccccc1. The Morgan fingerprint density at radius 2 is 1.62 bits per heavy atom. The lowest BCUT2D eigenvalue weighted by molar-refractivity contribution is 0.872. The second-order valence-electron chi connectivity index (χ2n) is 5.32. The van der Waals surface area contributed by atoms with Crippen molar-refractivity contribution in [2.75, 3.05) is 0 Å². The third-order valence-electron chi connectivity index (χ3n) is 3.82. The van der Waals surface area contributed by atoms with E-state index in [2.05, 4.69) is 34.5 Å². The molecule has 0 saturated heterocycles. The summed E-state index contributed by atoms with van der Waals surface area (Å²) in [5.41, 5.74) is 3.35. The van der Waals surface area contributed by atoms with Gasteiger partial charge in [-0.1, -0.05) is 48.5 Å². The molecule has 1 aliphatic rings.